The van der Waals surface area contributed by atoms with Gasteiger partial charge >= 0.3 is 0 Å². The van der Waals surface area contributed by atoms with Crippen molar-refractivity contribution in [2.24, 2.45) is 0 Å². The van der Waals surface area contributed by atoms with Crippen LogP contribution in [0.5, 0.6) is 0 Å². The summed E-state index contributed by atoms with van der Waals surface area (Å²) in [5.74, 6) is 0. The van der Waals surface area contributed by atoms with Crippen molar-refractivity contribution >= 4 is 0 Å². The summed E-state index contributed by atoms with van der Waals surface area (Å²) in [6, 6.07) is 9.89. The number of ether oxygens (including phenoxy) is 2. The van der Waals surface area contributed by atoms with Gasteiger partial charge in [-0.3, -0.25) is 0 Å². The predicted octanol–water partition coefficient (Wildman–Crippen LogP) is 1.87. The molecule has 0 saturated carbocycles. The minimum Gasteiger partial charge on any atom is -0.396 e. The quantitative estimate of drug-likeness (QED) is 0.824. The lowest BCUT2D eigenvalue weighted by molar-refractivity contribution is -0.219. The molecular formula is C12H16O3. The molecule has 2 rings (SSSR count). The van der Waals surface area contributed by atoms with Crippen LogP contribution in [0.25, 0.3) is 0 Å². The third-order valence-electron chi connectivity index (χ3n) is 2.55. The summed E-state index contributed by atoms with van der Waals surface area (Å²) in [5, 5.41) is 8.85. The summed E-state index contributed by atoms with van der Waals surface area (Å²) in [6.45, 7) is 0.871. The van der Waals surface area contributed by atoms with Crippen LogP contribution in [0, 0.1) is 0 Å². The Hall–Kier alpha value is -0.900. The first kappa shape index (κ1) is 10.6. The van der Waals surface area contributed by atoms with Gasteiger partial charge in [0.25, 0.3) is 0 Å². The van der Waals surface area contributed by atoms with E-state index in [9.17, 15) is 0 Å². The molecule has 2 atom stereocenters. The number of aliphatic hydroxyl groups excluding tert-OH is 1. The molecule has 0 aliphatic carbocycles. The largest absolute Gasteiger partial charge is 0.396 e. The molecule has 1 aromatic rings. The van der Waals surface area contributed by atoms with Gasteiger partial charge in [-0.25, -0.2) is 0 Å². The van der Waals surface area contributed by atoms with Gasteiger partial charge in [-0.15, -0.1) is 0 Å². The van der Waals surface area contributed by atoms with Crippen LogP contribution in [-0.4, -0.2) is 24.4 Å². The van der Waals surface area contributed by atoms with E-state index in [4.69, 9.17) is 14.6 Å². The van der Waals surface area contributed by atoms with Crippen molar-refractivity contribution in [3.8, 4) is 0 Å². The lowest BCUT2D eigenvalue weighted by atomic mass is 10.1. The second kappa shape index (κ2) is 5.26. The normalized spacial score (nSPS) is 26.5. The highest BCUT2D eigenvalue weighted by atomic mass is 16.7. The third kappa shape index (κ3) is 2.78. The van der Waals surface area contributed by atoms with Gasteiger partial charge in [0.2, 0.25) is 0 Å². The maximum atomic E-state index is 8.85. The van der Waals surface area contributed by atoms with E-state index in [1.165, 1.54) is 0 Å². The maximum Gasteiger partial charge on any atom is 0.184 e. The van der Waals surface area contributed by atoms with E-state index >= 15 is 0 Å². The molecule has 1 fully saturated rings. The molecule has 82 valence electrons. The first-order valence-electron chi connectivity index (χ1n) is 5.33. The molecule has 1 saturated heterocycles. The van der Waals surface area contributed by atoms with Crippen molar-refractivity contribution in [1.29, 1.82) is 0 Å². The second-order valence-corrected chi connectivity index (χ2v) is 3.67. The molecule has 15 heavy (non-hydrogen) atoms. The van der Waals surface area contributed by atoms with Gasteiger partial charge in [0.1, 0.15) is 0 Å². The van der Waals surface area contributed by atoms with Crippen LogP contribution in [0.4, 0.5) is 0 Å². The van der Waals surface area contributed by atoms with E-state index in [1.54, 1.807) is 0 Å². The summed E-state index contributed by atoms with van der Waals surface area (Å²) < 4.78 is 11.3. The first-order valence-corrected chi connectivity index (χ1v) is 5.33. The van der Waals surface area contributed by atoms with Crippen molar-refractivity contribution in [3.63, 3.8) is 0 Å². The van der Waals surface area contributed by atoms with Crippen molar-refractivity contribution < 1.29 is 14.6 Å². The van der Waals surface area contributed by atoms with Crippen molar-refractivity contribution in [2.45, 2.75) is 25.2 Å². The molecule has 1 N–H and O–H groups in total. The summed E-state index contributed by atoms with van der Waals surface area (Å²) in [4.78, 5) is 0. The lowest BCUT2D eigenvalue weighted by Crippen LogP contribution is -2.27. The van der Waals surface area contributed by atoms with E-state index in [0.717, 1.165) is 12.0 Å². The molecule has 0 radical (unpaired) electrons. The molecule has 3 heteroatoms. The molecule has 0 aromatic heterocycles. The van der Waals surface area contributed by atoms with Gasteiger partial charge in [-0.1, -0.05) is 30.3 Å². The summed E-state index contributed by atoms with van der Waals surface area (Å²) in [5.41, 5.74) is 1.04. The summed E-state index contributed by atoms with van der Waals surface area (Å²) >= 11 is 0. The van der Waals surface area contributed by atoms with Crippen molar-refractivity contribution in [2.75, 3.05) is 13.2 Å². The second-order valence-electron chi connectivity index (χ2n) is 3.67. The Balaban J connectivity index is 1.98. The zero-order valence-electron chi connectivity index (χ0n) is 8.63. The molecule has 0 amide bonds. The van der Waals surface area contributed by atoms with Crippen molar-refractivity contribution in [1.82, 2.24) is 0 Å². The van der Waals surface area contributed by atoms with Crippen LogP contribution >= 0.6 is 0 Å². The Kier molecular flexibility index (Phi) is 3.72. The van der Waals surface area contributed by atoms with E-state index in [1.807, 2.05) is 30.3 Å². The molecule has 1 aromatic carbocycles. The highest BCUT2D eigenvalue weighted by Crippen LogP contribution is 2.26. The highest BCUT2D eigenvalue weighted by molar-refractivity contribution is 5.16. The molecule has 1 aliphatic rings. The minimum atomic E-state index is -0.267. The van der Waals surface area contributed by atoms with E-state index < -0.39 is 0 Å². The monoisotopic (exact) mass is 208 g/mol. The van der Waals surface area contributed by atoms with E-state index in [2.05, 4.69) is 0 Å². The lowest BCUT2D eigenvalue weighted by Gasteiger charge is -2.30. The molecule has 0 bridgehead atoms. The van der Waals surface area contributed by atoms with Crippen LogP contribution in [0.2, 0.25) is 0 Å². The van der Waals surface area contributed by atoms with Crippen LogP contribution in [-0.2, 0) is 9.47 Å². The zero-order valence-corrected chi connectivity index (χ0v) is 8.63. The average Bonchev–Trinajstić information content (AvgIpc) is 2.31. The molecule has 0 spiro atoms. The fraction of sp³-hybridized carbons (Fsp3) is 0.500. The van der Waals surface area contributed by atoms with Crippen molar-refractivity contribution in [3.05, 3.63) is 35.9 Å². The van der Waals surface area contributed by atoms with Gasteiger partial charge in [-0.05, 0) is 12.8 Å². The summed E-state index contributed by atoms with van der Waals surface area (Å²) in [7, 11) is 0. The van der Waals surface area contributed by atoms with Gasteiger partial charge in [-0.2, -0.15) is 0 Å². The Morgan fingerprint density at radius 1 is 1.27 bits per heavy atom. The van der Waals surface area contributed by atoms with E-state index in [-0.39, 0.29) is 19.0 Å². The molecule has 1 heterocycles. The minimum absolute atomic E-state index is 0.119. The number of benzene rings is 1. The van der Waals surface area contributed by atoms with Gasteiger partial charge < -0.3 is 14.6 Å². The average molecular weight is 208 g/mol. The number of hydrogen-bond acceptors (Lipinski definition) is 3. The zero-order chi connectivity index (χ0) is 10.5. The molecule has 1 aliphatic heterocycles. The molecular weight excluding hydrogens is 192 g/mol. The number of rotatable bonds is 3. The SMILES string of the molecule is OCCC1CCOC(c2ccccc2)O1. The maximum absolute atomic E-state index is 8.85. The highest BCUT2D eigenvalue weighted by Gasteiger charge is 2.23. The Morgan fingerprint density at radius 3 is 2.80 bits per heavy atom. The fourth-order valence-electron chi connectivity index (χ4n) is 1.73. The Bertz CT molecular complexity index is 284. The number of hydrogen-bond donors (Lipinski definition) is 1. The first-order chi connectivity index (χ1) is 7.40. The fourth-order valence-corrected chi connectivity index (χ4v) is 1.73. The predicted molar refractivity (Wildman–Crippen MR) is 56.3 cm³/mol. The number of aliphatic hydroxyl groups is 1. The Labute approximate surface area is 89.6 Å². The van der Waals surface area contributed by atoms with Crippen LogP contribution in [0.1, 0.15) is 24.7 Å². The van der Waals surface area contributed by atoms with Crippen LogP contribution in [0.15, 0.2) is 30.3 Å². The van der Waals surface area contributed by atoms with Crippen LogP contribution < -0.4 is 0 Å². The standard InChI is InChI=1S/C12H16O3/c13-8-6-11-7-9-14-12(15-11)10-4-2-1-3-5-10/h1-5,11-13H,6-9H2. The Morgan fingerprint density at radius 2 is 2.07 bits per heavy atom. The smallest absolute Gasteiger partial charge is 0.184 e. The topological polar surface area (TPSA) is 38.7 Å². The summed E-state index contributed by atoms with van der Waals surface area (Å²) in [6.07, 6.45) is 1.40. The van der Waals surface area contributed by atoms with Gasteiger partial charge in [0, 0.05) is 12.2 Å². The third-order valence-corrected chi connectivity index (χ3v) is 2.55. The van der Waals surface area contributed by atoms with E-state index in [0.29, 0.717) is 13.0 Å². The van der Waals surface area contributed by atoms with Crippen LogP contribution in [0.3, 0.4) is 0 Å². The molecule has 2 unspecified atom stereocenters. The van der Waals surface area contributed by atoms with Gasteiger partial charge in [0.15, 0.2) is 6.29 Å². The molecule has 3 nitrogen and oxygen atoms in total. The van der Waals surface area contributed by atoms with Gasteiger partial charge in [0.05, 0.1) is 12.7 Å².